The first kappa shape index (κ1) is 13.1. The van der Waals surface area contributed by atoms with Gasteiger partial charge in [-0.25, -0.2) is 0 Å². The van der Waals surface area contributed by atoms with Crippen LogP contribution in [-0.2, 0) is 6.42 Å². The van der Waals surface area contributed by atoms with Crippen LogP contribution in [0.25, 0.3) is 10.9 Å². The molecular formula is C15H22N2O. The molecule has 2 aromatic rings. The molecule has 3 heteroatoms. The largest absolute Gasteiger partial charge is 0.396 e. The van der Waals surface area contributed by atoms with Crippen LogP contribution < -0.4 is 5.32 Å². The topological polar surface area (TPSA) is 48.0 Å². The number of H-pyrrole nitrogens is 1. The average Bonchev–Trinajstić information content (AvgIpc) is 2.80. The highest BCUT2D eigenvalue weighted by molar-refractivity contribution is 5.83. The molecule has 0 radical (unpaired) electrons. The molecule has 1 atom stereocenters. The predicted molar refractivity (Wildman–Crippen MR) is 75.8 cm³/mol. The van der Waals surface area contributed by atoms with Gasteiger partial charge < -0.3 is 15.4 Å². The number of nitrogens with one attached hydrogen (secondary N) is 2. The molecule has 0 saturated carbocycles. The van der Waals surface area contributed by atoms with Gasteiger partial charge in [0.1, 0.15) is 0 Å². The van der Waals surface area contributed by atoms with E-state index < -0.39 is 0 Å². The van der Waals surface area contributed by atoms with Gasteiger partial charge in [-0.3, -0.25) is 0 Å². The molecule has 1 aromatic heterocycles. The summed E-state index contributed by atoms with van der Waals surface area (Å²) in [6.45, 7) is 3.44. The molecule has 98 valence electrons. The number of para-hydroxylation sites is 1. The fraction of sp³-hybridized carbons (Fsp3) is 0.467. The van der Waals surface area contributed by atoms with Crippen molar-refractivity contribution >= 4 is 10.9 Å². The summed E-state index contributed by atoms with van der Waals surface area (Å²) >= 11 is 0. The van der Waals surface area contributed by atoms with Gasteiger partial charge in [0, 0.05) is 29.7 Å². The molecule has 0 aliphatic carbocycles. The number of aliphatic hydroxyl groups excluding tert-OH is 1. The highest BCUT2D eigenvalue weighted by Gasteiger charge is 2.04. The zero-order valence-corrected chi connectivity index (χ0v) is 10.9. The minimum absolute atomic E-state index is 0.286. The zero-order valence-electron chi connectivity index (χ0n) is 10.9. The summed E-state index contributed by atoms with van der Waals surface area (Å²) in [7, 11) is 0. The first-order chi connectivity index (χ1) is 8.81. The van der Waals surface area contributed by atoms with E-state index in [9.17, 15) is 0 Å². The highest BCUT2D eigenvalue weighted by atomic mass is 16.2. The van der Waals surface area contributed by atoms with E-state index in [-0.39, 0.29) is 6.61 Å². The average molecular weight is 246 g/mol. The Labute approximate surface area is 108 Å². The Hall–Kier alpha value is -1.32. The van der Waals surface area contributed by atoms with Crippen molar-refractivity contribution in [2.24, 2.45) is 0 Å². The maximum atomic E-state index is 8.78. The number of aromatic nitrogens is 1. The van der Waals surface area contributed by atoms with Crippen LogP contribution in [0.15, 0.2) is 30.5 Å². The summed E-state index contributed by atoms with van der Waals surface area (Å²) in [6.07, 6.45) is 5.05. The monoisotopic (exact) mass is 246 g/mol. The Bertz CT molecular complexity index is 478. The third-order valence-electron chi connectivity index (χ3n) is 3.36. The van der Waals surface area contributed by atoms with E-state index in [1.165, 1.54) is 16.5 Å². The van der Waals surface area contributed by atoms with Crippen LogP contribution >= 0.6 is 0 Å². The second kappa shape index (κ2) is 6.57. The molecule has 0 saturated heterocycles. The molecule has 0 bridgehead atoms. The van der Waals surface area contributed by atoms with Gasteiger partial charge in [0.2, 0.25) is 0 Å². The lowest BCUT2D eigenvalue weighted by atomic mass is 10.1. The normalized spacial score (nSPS) is 13.0. The molecule has 0 spiro atoms. The number of hydrogen-bond acceptors (Lipinski definition) is 2. The number of benzene rings is 1. The highest BCUT2D eigenvalue weighted by Crippen LogP contribution is 2.17. The van der Waals surface area contributed by atoms with Gasteiger partial charge in [0.25, 0.3) is 0 Å². The third-order valence-corrected chi connectivity index (χ3v) is 3.36. The fourth-order valence-electron chi connectivity index (χ4n) is 2.29. The Morgan fingerprint density at radius 1 is 1.33 bits per heavy atom. The second-order valence-corrected chi connectivity index (χ2v) is 4.83. The quantitative estimate of drug-likeness (QED) is 0.703. The van der Waals surface area contributed by atoms with Crippen LogP contribution in [0.4, 0.5) is 0 Å². The fourth-order valence-corrected chi connectivity index (χ4v) is 2.29. The second-order valence-electron chi connectivity index (χ2n) is 4.83. The molecule has 2 rings (SSSR count). The van der Waals surface area contributed by atoms with Gasteiger partial charge in [-0.2, -0.15) is 0 Å². The maximum absolute atomic E-state index is 8.78. The Morgan fingerprint density at radius 2 is 2.17 bits per heavy atom. The van der Waals surface area contributed by atoms with Gasteiger partial charge in [0.05, 0.1) is 0 Å². The summed E-state index contributed by atoms with van der Waals surface area (Å²) in [6, 6.07) is 8.88. The molecule has 3 nitrogen and oxygen atoms in total. The van der Waals surface area contributed by atoms with Crippen molar-refractivity contribution < 1.29 is 5.11 Å². The third kappa shape index (κ3) is 3.34. The van der Waals surface area contributed by atoms with E-state index >= 15 is 0 Å². The lowest BCUT2D eigenvalue weighted by Crippen LogP contribution is -2.28. The molecule has 0 amide bonds. The first-order valence-corrected chi connectivity index (χ1v) is 6.70. The Kier molecular flexibility index (Phi) is 4.79. The molecule has 1 heterocycles. The van der Waals surface area contributed by atoms with Gasteiger partial charge in [-0.05, 0) is 44.4 Å². The molecule has 0 unspecified atom stereocenters. The van der Waals surface area contributed by atoms with E-state index in [2.05, 4.69) is 47.7 Å². The van der Waals surface area contributed by atoms with Gasteiger partial charge in [-0.1, -0.05) is 18.2 Å². The molecule has 0 fully saturated rings. The Morgan fingerprint density at radius 3 is 3.00 bits per heavy atom. The first-order valence-electron chi connectivity index (χ1n) is 6.70. The van der Waals surface area contributed by atoms with E-state index in [4.69, 9.17) is 5.11 Å². The van der Waals surface area contributed by atoms with Crippen molar-refractivity contribution in [3.63, 3.8) is 0 Å². The number of fused-ring (bicyclic) bond motifs is 1. The van der Waals surface area contributed by atoms with Crippen molar-refractivity contribution in [1.29, 1.82) is 0 Å². The van der Waals surface area contributed by atoms with E-state index in [1.54, 1.807) is 0 Å². The lowest BCUT2D eigenvalue weighted by molar-refractivity contribution is 0.276. The van der Waals surface area contributed by atoms with Crippen molar-refractivity contribution in [2.75, 3.05) is 13.2 Å². The van der Waals surface area contributed by atoms with Gasteiger partial charge in [0.15, 0.2) is 0 Å². The minimum Gasteiger partial charge on any atom is -0.396 e. The van der Waals surface area contributed by atoms with E-state index in [1.807, 2.05) is 0 Å². The van der Waals surface area contributed by atoms with E-state index in [0.717, 1.165) is 25.8 Å². The summed E-state index contributed by atoms with van der Waals surface area (Å²) < 4.78 is 0. The maximum Gasteiger partial charge on any atom is 0.0456 e. The van der Waals surface area contributed by atoms with E-state index in [0.29, 0.717) is 6.04 Å². The van der Waals surface area contributed by atoms with Crippen molar-refractivity contribution in [2.45, 2.75) is 32.2 Å². The minimum atomic E-state index is 0.286. The molecule has 18 heavy (non-hydrogen) atoms. The standard InChI is InChI=1S/C15H22N2O/c1-12(5-4-10-18)16-9-8-13-11-17-15-7-3-2-6-14(13)15/h2-3,6-7,11-12,16-18H,4-5,8-10H2,1H3/t12-/m0/s1. The number of hydrogen-bond donors (Lipinski definition) is 3. The number of aromatic amines is 1. The summed E-state index contributed by atoms with van der Waals surface area (Å²) in [5.74, 6) is 0. The predicted octanol–water partition coefficient (Wildman–Crippen LogP) is 2.46. The number of aliphatic hydroxyl groups is 1. The smallest absolute Gasteiger partial charge is 0.0456 e. The van der Waals surface area contributed by atoms with Gasteiger partial charge in [-0.15, -0.1) is 0 Å². The molecule has 1 aromatic carbocycles. The Balaban J connectivity index is 1.83. The van der Waals surface area contributed by atoms with Crippen LogP contribution in [-0.4, -0.2) is 29.3 Å². The van der Waals surface area contributed by atoms with Crippen molar-refractivity contribution in [3.8, 4) is 0 Å². The molecular weight excluding hydrogens is 224 g/mol. The molecule has 0 aliphatic rings. The summed E-state index contributed by atoms with van der Waals surface area (Å²) in [5.41, 5.74) is 2.58. The van der Waals surface area contributed by atoms with Crippen LogP contribution in [0, 0.1) is 0 Å². The van der Waals surface area contributed by atoms with Crippen molar-refractivity contribution in [1.82, 2.24) is 10.3 Å². The number of rotatable bonds is 7. The molecule has 3 N–H and O–H groups in total. The molecule has 0 aliphatic heterocycles. The van der Waals surface area contributed by atoms with Gasteiger partial charge >= 0.3 is 0 Å². The van der Waals surface area contributed by atoms with Crippen LogP contribution in [0.2, 0.25) is 0 Å². The van der Waals surface area contributed by atoms with Crippen LogP contribution in [0.5, 0.6) is 0 Å². The SMILES string of the molecule is C[C@@H](CCCO)NCCc1c[nH]c2ccccc12. The summed E-state index contributed by atoms with van der Waals surface area (Å²) in [4.78, 5) is 3.30. The lowest BCUT2D eigenvalue weighted by Gasteiger charge is -2.12. The van der Waals surface area contributed by atoms with Crippen LogP contribution in [0.3, 0.4) is 0 Å². The zero-order chi connectivity index (χ0) is 12.8. The van der Waals surface area contributed by atoms with Crippen molar-refractivity contribution in [3.05, 3.63) is 36.0 Å². The van der Waals surface area contributed by atoms with Crippen LogP contribution in [0.1, 0.15) is 25.3 Å². The summed E-state index contributed by atoms with van der Waals surface area (Å²) in [5, 5.41) is 13.6.